The smallest absolute Gasteiger partial charge is 0.143 e. The number of hydrogen-bond acceptors (Lipinski definition) is 3. The molecular weight excluding hydrogens is 202 g/mol. The molecule has 1 heterocycles. The third-order valence-electron chi connectivity index (χ3n) is 2.94. The number of nitrogens with two attached hydrogens (primary N) is 1. The molecule has 1 rings (SSSR count). The molecule has 4 heteroatoms. The Morgan fingerprint density at radius 3 is 2.69 bits per heavy atom. The average Bonchev–Trinajstić information content (AvgIpc) is 2.57. The van der Waals surface area contributed by atoms with Crippen LogP contribution in [0.25, 0.3) is 0 Å². The lowest BCUT2D eigenvalue weighted by Gasteiger charge is -2.14. The molecule has 1 aromatic rings. The molecule has 0 amide bonds. The third kappa shape index (κ3) is 2.92. The summed E-state index contributed by atoms with van der Waals surface area (Å²) in [7, 11) is 0. The van der Waals surface area contributed by atoms with Gasteiger partial charge < -0.3 is 5.73 Å². The van der Waals surface area contributed by atoms with E-state index in [-0.39, 0.29) is 17.7 Å². The highest BCUT2D eigenvalue weighted by atomic mass is 16.1. The molecule has 2 N–H and O–H groups in total. The van der Waals surface area contributed by atoms with Crippen LogP contribution in [0.3, 0.4) is 0 Å². The van der Waals surface area contributed by atoms with Gasteiger partial charge in [-0.05, 0) is 26.8 Å². The van der Waals surface area contributed by atoms with Crippen LogP contribution in [-0.2, 0) is 17.8 Å². The number of carbonyl (C=O) groups is 1. The topological polar surface area (TPSA) is 60.9 Å². The van der Waals surface area contributed by atoms with Crippen molar-refractivity contribution in [3.05, 3.63) is 17.5 Å². The maximum Gasteiger partial charge on any atom is 0.143 e. The fraction of sp³-hybridized carbons (Fsp3) is 0.667. The maximum absolute atomic E-state index is 11.9. The second-order valence-electron chi connectivity index (χ2n) is 4.38. The van der Waals surface area contributed by atoms with Gasteiger partial charge >= 0.3 is 0 Å². The van der Waals surface area contributed by atoms with Crippen LogP contribution < -0.4 is 5.73 Å². The number of Topliss-reactive ketones (excluding diaryl/α,β-unsaturated/α-hetero) is 1. The summed E-state index contributed by atoms with van der Waals surface area (Å²) in [5.41, 5.74) is 7.66. The van der Waals surface area contributed by atoms with Crippen LogP contribution in [0.15, 0.2) is 6.07 Å². The van der Waals surface area contributed by atoms with E-state index in [4.69, 9.17) is 5.73 Å². The average molecular weight is 223 g/mol. The maximum atomic E-state index is 11.9. The number of rotatable bonds is 5. The number of nitrogens with zero attached hydrogens (tertiary/aromatic N) is 2. The quantitative estimate of drug-likeness (QED) is 0.818. The van der Waals surface area contributed by atoms with Crippen molar-refractivity contribution in [2.45, 2.75) is 46.7 Å². The Bertz CT molecular complexity index is 368. The monoisotopic (exact) mass is 223 g/mol. The highest BCUT2D eigenvalue weighted by molar-refractivity contribution is 5.83. The van der Waals surface area contributed by atoms with Gasteiger partial charge in [-0.2, -0.15) is 5.10 Å². The van der Waals surface area contributed by atoms with Crippen LogP contribution in [0.2, 0.25) is 0 Å². The minimum atomic E-state index is -0.0967. The van der Waals surface area contributed by atoms with E-state index in [1.54, 1.807) is 0 Å². The van der Waals surface area contributed by atoms with Gasteiger partial charge in [-0.25, -0.2) is 0 Å². The molecule has 0 radical (unpaired) electrons. The second kappa shape index (κ2) is 5.25. The first-order valence-corrected chi connectivity index (χ1v) is 5.77. The predicted molar refractivity (Wildman–Crippen MR) is 64.2 cm³/mol. The molecule has 0 spiro atoms. The summed E-state index contributed by atoms with van der Waals surface area (Å²) in [5, 5.41) is 4.32. The van der Waals surface area contributed by atoms with Gasteiger partial charge in [-0.15, -0.1) is 0 Å². The van der Waals surface area contributed by atoms with Crippen LogP contribution in [0.4, 0.5) is 0 Å². The van der Waals surface area contributed by atoms with Gasteiger partial charge in [0.2, 0.25) is 0 Å². The molecular formula is C12H21N3O. The van der Waals surface area contributed by atoms with Crippen molar-refractivity contribution < 1.29 is 4.79 Å². The number of aryl methyl sites for hydroxylation is 2. The number of ketones is 1. The van der Waals surface area contributed by atoms with Crippen molar-refractivity contribution in [3.63, 3.8) is 0 Å². The van der Waals surface area contributed by atoms with Gasteiger partial charge in [0.25, 0.3) is 0 Å². The summed E-state index contributed by atoms with van der Waals surface area (Å²) in [6, 6.07) is 1.88. The molecule has 0 saturated heterocycles. The van der Waals surface area contributed by atoms with Crippen LogP contribution >= 0.6 is 0 Å². The van der Waals surface area contributed by atoms with E-state index >= 15 is 0 Å². The van der Waals surface area contributed by atoms with E-state index in [0.29, 0.717) is 6.42 Å². The molecule has 0 saturated carbocycles. The molecule has 2 atom stereocenters. The van der Waals surface area contributed by atoms with Crippen LogP contribution in [0.1, 0.15) is 32.2 Å². The van der Waals surface area contributed by atoms with Crippen molar-refractivity contribution in [3.8, 4) is 0 Å². The molecule has 0 bridgehead atoms. The Kier molecular flexibility index (Phi) is 4.24. The van der Waals surface area contributed by atoms with Crippen molar-refractivity contribution >= 4 is 5.78 Å². The molecule has 0 fully saturated rings. The third-order valence-corrected chi connectivity index (χ3v) is 2.94. The first-order valence-electron chi connectivity index (χ1n) is 5.77. The van der Waals surface area contributed by atoms with E-state index in [1.807, 2.05) is 38.4 Å². The van der Waals surface area contributed by atoms with E-state index in [1.165, 1.54) is 0 Å². The first kappa shape index (κ1) is 12.9. The standard InChI is InChI=1S/C12H21N3O/c1-5-15-11(6-8(2)14-15)7-12(16)9(3)10(4)13/h6,9-10H,5,7,13H2,1-4H3. The Morgan fingerprint density at radius 1 is 1.56 bits per heavy atom. The summed E-state index contributed by atoms with van der Waals surface area (Å²) in [5.74, 6) is 0.0881. The molecule has 0 aliphatic heterocycles. The molecule has 16 heavy (non-hydrogen) atoms. The Morgan fingerprint density at radius 2 is 2.19 bits per heavy atom. The molecule has 4 nitrogen and oxygen atoms in total. The second-order valence-corrected chi connectivity index (χ2v) is 4.38. The minimum absolute atomic E-state index is 0.0911. The van der Waals surface area contributed by atoms with Crippen molar-refractivity contribution in [2.24, 2.45) is 11.7 Å². The van der Waals surface area contributed by atoms with E-state index in [0.717, 1.165) is 17.9 Å². The van der Waals surface area contributed by atoms with Crippen molar-refractivity contribution in [1.29, 1.82) is 0 Å². The molecule has 0 aliphatic carbocycles. The van der Waals surface area contributed by atoms with Gasteiger partial charge in [0.05, 0.1) is 5.69 Å². The van der Waals surface area contributed by atoms with Gasteiger partial charge in [0, 0.05) is 30.6 Å². The lowest BCUT2D eigenvalue weighted by molar-refractivity contribution is -0.122. The largest absolute Gasteiger partial charge is 0.327 e. The summed E-state index contributed by atoms with van der Waals surface area (Å²) in [6.45, 7) is 8.50. The molecule has 1 aromatic heterocycles. The number of hydrogen-bond donors (Lipinski definition) is 1. The Hall–Kier alpha value is -1.16. The first-order chi connectivity index (χ1) is 7.45. The van der Waals surface area contributed by atoms with Gasteiger partial charge in [-0.1, -0.05) is 6.92 Å². The summed E-state index contributed by atoms with van der Waals surface area (Å²) in [6.07, 6.45) is 0.428. The summed E-state index contributed by atoms with van der Waals surface area (Å²) >= 11 is 0. The van der Waals surface area contributed by atoms with Gasteiger partial charge in [-0.3, -0.25) is 9.48 Å². The zero-order chi connectivity index (χ0) is 12.3. The number of carbonyl (C=O) groups excluding carboxylic acids is 1. The zero-order valence-corrected chi connectivity index (χ0v) is 10.5. The van der Waals surface area contributed by atoms with E-state index in [9.17, 15) is 4.79 Å². The fourth-order valence-electron chi connectivity index (χ4n) is 1.65. The molecule has 0 aromatic carbocycles. The molecule has 90 valence electrons. The normalized spacial score (nSPS) is 14.8. The predicted octanol–water partition coefficient (Wildman–Crippen LogP) is 1.31. The molecule has 0 aliphatic rings. The SMILES string of the molecule is CCn1nc(C)cc1CC(=O)C(C)C(C)N. The van der Waals surface area contributed by atoms with E-state index in [2.05, 4.69) is 5.10 Å². The summed E-state index contributed by atoms with van der Waals surface area (Å²) < 4.78 is 1.88. The van der Waals surface area contributed by atoms with Crippen LogP contribution in [0.5, 0.6) is 0 Å². The highest BCUT2D eigenvalue weighted by Gasteiger charge is 2.19. The van der Waals surface area contributed by atoms with Crippen LogP contribution in [0, 0.1) is 12.8 Å². The fourth-order valence-corrected chi connectivity index (χ4v) is 1.65. The zero-order valence-electron chi connectivity index (χ0n) is 10.5. The highest BCUT2D eigenvalue weighted by Crippen LogP contribution is 2.10. The van der Waals surface area contributed by atoms with Crippen molar-refractivity contribution in [1.82, 2.24) is 9.78 Å². The lowest BCUT2D eigenvalue weighted by atomic mass is 9.96. The van der Waals surface area contributed by atoms with E-state index < -0.39 is 0 Å². The minimum Gasteiger partial charge on any atom is -0.327 e. The van der Waals surface area contributed by atoms with Crippen LogP contribution in [-0.4, -0.2) is 21.6 Å². The molecule has 2 unspecified atom stereocenters. The Labute approximate surface area is 96.8 Å². The van der Waals surface area contributed by atoms with Gasteiger partial charge in [0.15, 0.2) is 0 Å². The summed E-state index contributed by atoms with van der Waals surface area (Å²) in [4.78, 5) is 11.9. The van der Waals surface area contributed by atoms with Crippen molar-refractivity contribution in [2.75, 3.05) is 0 Å². The van der Waals surface area contributed by atoms with Gasteiger partial charge in [0.1, 0.15) is 5.78 Å². The lowest BCUT2D eigenvalue weighted by Crippen LogP contribution is -2.31. The Balaban J connectivity index is 2.76. The number of aromatic nitrogens is 2.